The summed E-state index contributed by atoms with van der Waals surface area (Å²) in [5, 5.41) is 0.679. The lowest BCUT2D eigenvalue weighted by molar-refractivity contribution is 0.101. The van der Waals surface area contributed by atoms with Gasteiger partial charge in [0.15, 0.2) is 5.78 Å². The minimum atomic E-state index is -0.371. The average molecular weight is 569 g/mol. The fourth-order valence-corrected chi connectivity index (χ4v) is 7.67. The number of ether oxygens (including phenoxy) is 1. The Balaban J connectivity index is 1.92. The first kappa shape index (κ1) is 30.7. The van der Waals surface area contributed by atoms with Crippen LogP contribution in [0.15, 0.2) is 91.0 Å². The van der Waals surface area contributed by atoms with Crippen LogP contribution < -0.4 is 10.0 Å². The van der Waals surface area contributed by atoms with Crippen LogP contribution in [-0.2, 0) is 18.0 Å². The summed E-state index contributed by atoms with van der Waals surface area (Å²) in [5.41, 5.74) is 6.62. The van der Waals surface area contributed by atoms with Crippen molar-refractivity contribution >= 4 is 19.7 Å². The maximum atomic E-state index is 14.3. The standard InChI is InChI=1S/C37H42FO2P/c1-5-7-14-21-37(6-2,41-35-20-19-32(38)26-33(35)27(3)39)34-25-30(22-28-15-10-8-11-16-28)24-31(36(34)40-4)23-29-17-12-9-13-18-29/h8-13,15-20,24-26,41H,5-7,14,21-23H2,1-4H3. The number of Topliss-reactive ketones (excluding diaryl/α,β-unsaturated/α-hetero) is 1. The molecule has 4 aromatic carbocycles. The second kappa shape index (κ2) is 14.6. The van der Waals surface area contributed by atoms with E-state index in [0.717, 1.165) is 56.0 Å². The molecule has 0 spiro atoms. The zero-order valence-corrected chi connectivity index (χ0v) is 25.8. The molecule has 0 aliphatic heterocycles. The van der Waals surface area contributed by atoms with Crippen molar-refractivity contribution in [2.75, 3.05) is 7.11 Å². The van der Waals surface area contributed by atoms with E-state index in [1.54, 1.807) is 7.11 Å². The molecule has 2 unspecified atom stereocenters. The fourth-order valence-electron chi connectivity index (χ4n) is 5.80. The Morgan fingerprint density at radius 3 is 2.07 bits per heavy atom. The Bertz CT molecular complexity index is 1430. The topological polar surface area (TPSA) is 26.3 Å². The van der Waals surface area contributed by atoms with Crippen molar-refractivity contribution in [1.82, 2.24) is 0 Å². The average Bonchev–Trinajstić information content (AvgIpc) is 2.98. The molecule has 214 valence electrons. The second-order valence-electron chi connectivity index (χ2n) is 10.9. The molecule has 0 saturated heterocycles. The molecule has 0 aliphatic rings. The van der Waals surface area contributed by atoms with E-state index in [1.165, 1.54) is 46.9 Å². The van der Waals surface area contributed by atoms with Crippen molar-refractivity contribution < 1.29 is 13.9 Å². The molecule has 0 aromatic heterocycles. The van der Waals surface area contributed by atoms with Gasteiger partial charge in [-0.1, -0.05) is 121 Å². The molecule has 0 heterocycles. The number of ketones is 1. The normalized spacial score (nSPS) is 12.9. The highest BCUT2D eigenvalue weighted by Gasteiger charge is 2.35. The Kier molecular flexibility index (Phi) is 10.9. The van der Waals surface area contributed by atoms with E-state index in [0.29, 0.717) is 14.1 Å². The molecule has 4 rings (SSSR count). The predicted octanol–water partition coefficient (Wildman–Crippen LogP) is 9.41. The molecule has 0 amide bonds. The molecule has 0 saturated carbocycles. The summed E-state index contributed by atoms with van der Waals surface area (Å²) < 4.78 is 20.5. The van der Waals surface area contributed by atoms with Crippen LogP contribution in [0.3, 0.4) is 0 Å². The molecule has 2 nitrogen and oxygen atoms in total. The molecule has 2 atom stereocenters. The summed E-state index contributed by atoms with van der Waals surface area (Å²) in [7, 11) is 2.08. The summed E-state index contributed by atoms with van der Waals surface area (Å²) in [6, 6.07) is 30.5. The lowest BCUT2D eigenvalue weighted by Crippen LogP contribution is -2.26. The third kappa shape index (κ3) is 7.72. The first-order chi connectivity index (χ1) is 19.9. The van der Waals surface area contributed by atoms with Crippen molar-refractivity contribution in [3.8, 4) is 5.75 Å². The van der Waals surface area contributed by atoms with Gasteiger partial charge in [0, 0.05) is 22.7 Å². The van der Waals surface area contributed by atoms with E-state index in [1.807, 2.05) is 12.1 Å². The second-order valence-corrected chi connectivity index (χ2v) is 12.7. The lowest BCUT2D eigenvalue weighted by atomic mass is 9.84. The Morgan fingerprint density at radius 2 is 1.49 bits per heavy atom. The molecule has 41 heavy (non-hydrogen) atoms. The maximum Gasteiger partial charge on any atom is 0.160 e. The number of hydrogen-bond donors (Lipinski definition) is 0. The van der Waals surface area contributed by atoms with Crippen molar-refractivity contribution in [3.63, 3.8) is 0 Å². The third-order valence-corrected chi connectivity index (χ3v) is 10.0. The highest BCUT2D eigenvalue weighted by Crippen LogP contribution is 2.53. The van der Waals surface area contributed by atoms with Crippen molar-refractivity contribution in [2.45, 2.75) is 70.9 Å². The minimum Gasteiger partial charge on any atom is -0.496 e. The zero-order chi connectivity index (χ0) is 29.2. The van der Waals surface area contributed by atoms with Crippen LogP contribution in [0.5, 0.6) is 5.75 Å². The van der Waals surface area contributed by atoms with E-state index < -0.39 is 0 Å². The molecule has 0 aliphatic carbocycles. The highest BCUT2D eigenvalue weighted by molar-refractivity contribution is 7.48. The largest absolute Gasteiger partial charge is 0.496 e. The van der Waals surface area contributed by atoms with Crippen LogP contribution in [-0.4, -0.2) is 12.9 Å². The molecular formula is C37H42FO2P. The summed E-state index contributed by atoms with van der Waals surface area (Å²) in [6.45, 7) is 6.01. The van der Waals surface area contributed by atoms with E-state index in [2.05, 4.69) is 80.6 Å². The summed E-state index contributed by atoms with van der Waals surface area (Å²) >= 11 is 0. The Labute approximate surface area is 247 Å². The van der Waals surface area contributed by atoms with E-state index >= 15 is 0 Å². The number of carbonyl (C=O) groups excluding carboxylic acids is 1. The molecule has 4 heteroatoms. The maximum absolute atomic E-state index is 14.3. The number of hydrogen-bond acceptors (Lipinski definition) is 2. The zero-order valence-electron chi connectivity index (χ0n) is 24.8. The van der Waals surface area contributed by atoms with Gasteiger partial charge in [-0.15, -0.1) is 0 Å². The highest BCUT2D eigenvalue weighted by atomic mass is 31.1. The first-order valence-electron chi connectivity index (χ1n) is 14.8. The van der Waals surface area contributed by atoms with Crippen LogP contribution in [0.1, 0.15) is 91.1 Å². The van der Waals surface area contributed by atoms with Crippen LogP contribution >= 0.6 is 8.58 Å². The van der Waals surface area contributed by atoms with Gasteiger partial charge in [0.25, 0.3) is 0 Å². The molecule has 4 aromatic rings. The SMILES string of the molecule is CCCCCC(CC)(Pc1ccc(F)cc1C(C)=O)c1cc(Cc2ccccc2)cc(Cc2ccccc2)c1OC. The van der Waals surface area contributed by atoms with Gasteiger partial charge in [0.05, 0.1) is 7.11 Å². The number of carbonyl (C=O) groups is 1. The van der Waals surface area contributed by atoms with Gasteiger partial charge in [-0.25, -0.2) is 4.39 Å². The van der Waals surface area contributed by atoms with Crippen LogP contribution in [0, 0.1) is 5.82 Å². The molecule has 0 N–H and O–H groups in total. The van der Waals surface area contributed by atoms with Gasteiger partial charge < -0.3 is 4.74 Å². The molecule has 0 radical (unpaired) electrons. The summed E-state index contributed by atoms with van der Waals surface area (Å²) in [4.78, 5) is 12.6. The lowest BCUT2D eigenvalue weighted by Gasteiger charge is -2.37. The Morgan fingerprint density at radius 1 is 0.829 bits per heavy atom. The minimum absolute atomic E-state index is 0.0971. The third-order valence-electron chi connectivity index (χ3n) is 7.98. The van der Waals surface area contributed by atoms with Crippen molar-refractivity contribution in [2.24, 2.45) is 0 Å². The van der Waals surface area contributed by atoms with Gasteiger partial charge in [0.2, 0.25) is 0 Å². The number of methoxy groups -OCH3 is 1. The Hall–Kier alpha value is -3.29. The van der Waals surface area contributed by atoms with Crippen LogP contribution in [0.4, 0.5) is 4.39 Å². The summed E-state index contributed by atoms with van der Waals surface area (Å²) in [6.07, 6.45) is 6.80. The molecule has 0 bridgehead atoms. The van der Waals surface area contributed by atoms with Crippen molar-refractivity contribution in [1.29, 1.82) is 0 Å². The number of unbranched alkanes of at least 4 members (excludes halogenated alkanes) is 2. The van der Waals surface area contributed by atoms with Crippen molar-refractivity contribution in [3.05, 3.63) is 130 Å². The fraction of sp³-hybridized carbons (Fsp3) is 0.324. The van der Waals surface area contributed by atoms with Crippen LogP contribution in [0.25, 0.3) is 0 Å². The summed E-state index contributed by atoms with van der Waals surface area (Å²) in [5.74, 6) is 0.465. The predicted molar refractivity (Wildman–Crippen MR) is 172 cm³/mol. The van der Waals surface area contributed by atoms with E-state index in [4.69, 9.17) is 4.74 Å². The smallest absolute Gasteiger partial charge is 0.160 e. The van der Waals surface area contributed by atoms with E-state index in [9.17, 15) is 9.18 Å². The molecular weight excluding hydrogens is 526 g/mol. The van der Waals surface area contributed by atoms with Gasteiger partial charge >= 0.3 is 0 Å². The van der Waals surface area contributed by atoms with Gasteiger partial charge in [-0.3, -0.25) is 4.79 Å². The van der Waals surface area contributed by atoms with Gasteiger partial charge in [-0.2, -0.15) is 0 Å². The monoisotopic (exact) mass is 568 g/mol. The quantitative estimate of drug-likeness (QED) is 0.0860. The van der Waals surface area contributed by atoms with Crippen LogP contribution in [0.2, 0.25) is 0 Å². The first-order valence-corrected chi connectivity index (χ1v) is 15.8. The number of benzene rings is 4. The van der Waals surface area contributed by atoms with Gasteiger partial charge in [-0.05, 0) is 65.9 Å². The number of rotatable bonds is 14. The molecule has 0 fully saturated rings. The van der Waals surface area contributed by atoms with Gasteiger partial charge in [0.1, 0.15) is 11.6 Å². The van der Waals surface area contributed by atoms with E-state index in [-0.39, 0.29) is 16.8 Å². The number of halogens is 1.